The third-order valence-electron chi connectivity index (χ3n) is 6.69. The molecule has 3 N–H and O–H groups in total. The molecule has 3 rings (SSSR count). The van der Waals surface area contributed by atoms with Crippen LogP contribution in [0.5, 0.6) is 5.88 Å². The van der Waals surface area contributed by atoms with Gasteiger partial charge in [-0.25, -0.2) is 18.9 Å². The molecule has 1 aliphatic rings. The number of aryl methyl sites for hydroxylation is 1. The molecule has 4 atom stereocenters. The summed E-state index contributed by atoms with van der Waals surface area (Å²) in [6.07, 6.45) is -5.05. The van der Waals surface area contributed by atoms with E-state index in [4.69, 9.17) is 23.0 Å². The molecular weight excluding hydrogens is 658 g/mol. The zero-order chi connectivity index (χ0) is 33.6. The summed E-state index contributed by atoms with van der Waals surface area (Å²) < 4.78 is 57.4. The van der Waals surface area contributed by atoms with Gasteiger partial charge in [-0.2, -0.15) is 4.98 Å². The third-order valence-corrected chi connectivity index (χ3v) is 10.5. The van der Waals surface area contributed by atoms with Crippen LogP contribution in [0.15, 0.2) is 6.33 Å². The lowest BCUT2D eigenvalue weighted by atomic mass is 9.97. The quantitative estimate of drug-likeness (QED) is 0.160. The van der Waals surface area contributed by atoms with Gasteiger partial charge in [-0.1, -0.05) is 23.5 Å². The maximum Gasteiger partial charge on any atom is 0.474 e. The fourth-order valence-corrected chi connectivity index (χ4v) is 6.80. The number of fused-ring (bicyclic) bond motifs is 1. The summed E-state index contributed by atoms with van der Waals surface area (Å²) in [5, 5.41) is 28.8. The summed E-state index contributed by atoms with van der Waals surface area (Å²) in [7, 11) is -2.98. The number of carbonyl (C=O) groups is 2. The molecule has 2 aromatic heterocycles. The highest BCUT2D eigenvalue weighted by atomic mass is 32.2. The number of methoxy groups -OCH3 is 1. The van der Waals surface area contributed by atoms with E-state index >= 15 is 4.39 Å². The second-order valence-electron chi connectivity index (χ2n) is 11.4. The number of aliphatic hydroxyl groups excluding tert-OH is 3. The van der Waals surface area contributed by atoms with Gasteiger partial charge in [0.15, 0.2) is 33.8 Å². The highest BCUT2D eigenvalue weighted by molar-refractivity contribution is 8.14. The lowest BCUT2D eigenvalue weighted by molar-refractivity contribution is -0.120. The molecule has 2 aromatic rings. The first-order chi connectivity index (χ1) is 21.1. The Morgan fingerprint density at radius 2 is 1.60 bits per heavy atom. The lowest BCUT2D eigenvalue weighted by Gasteiger charge is -2.22. The fraction of sp³-hybridized carbons (Fsp3) is 0.731. The van der Waals surface area contributed by atoms with E-state index < -0.39 is 49.9 Å². The van der Waals surface area contributed by atoms with E-state index in [-0.39, 0.29) is 65.2 Å². The van der Waals surface area contributed by atoms with E-state index in [1.54, 1.807) is 34.6 Å². The molecule has 3 heterocycles. The molecule has 1 unspecified atom stereocenters. The molecule has 45 heavy (non-hydrogen) atoms. The number of thioether (sulfide) groups is 2. The van der Waals surface area contributed by atoms with Crippen molar-refractivity contribution in [2.45, 2.75) is 59.2 Å². The summed E-state index contributed by atoms with van der Waals surface area (Å²) in [5.74, 6) is 0.614. The van der Waals surface area contributed by atoms with Gasteiger partial charge in [-0.05, 0) is 34.6 Å². The molecule has 254 valence electrons. The zero-order valence-corrected chi connectivity index (χ0v) is 28.4. The number of hydrogen-bond donors (Lipinski definition) is 3. The minimum Gasteiger partial charge on any atom is -0.479 e. The maximum absolute atomic E-state index is 15.3. The van der Waals surface area contributed by atoms with Crippen LogP contribution in [0, 0.1) is 17.8 Å². The first-order valence-electron chi connectivity index (χ1n) is 13.9. The smallest absolute Gasteiger partial charge is 0.474 e. The molecule has 0 aliphatic carbocycles. The van der Waals surface area contributed by atoms with E-state index in [9.17, 15) is 29.5 Å². The number of phosphoric acid groups is 1. The summed E-state index contributed by atoms with van der Waals surface area (Å²) in [5.41, 5.74) is -1.50. The molecule has 19 heteroatoms. The number of hydrogen-bond acceptors (Lipinski definition) is 16. The summed E-state index contributed by atoms with van der Waals surface area (Å²) in [6.45, 7) is 6.08. The van der Waals surface area contributed by atoms with Crippen molar-refractivity contribution in [3.05, 3.63) is 12.2 Å². The highest BCUT2D eigenvalue weighted by Crippen LogP contribution is 2.50. The van der Waals surface area contributed by atoms with Crippen molar-refractivity contribution < 1.29 is 56.9 Å². The Bertz CT molecular complexity index is 1340. The number of halogens is 1. The van der Waals surface area contributed by atoms with E-state index in [0.29, 0.717) is 5.82 Å². The Hall–Kier alpha value is -1.73. The van der Waals surface area contributed by atoms with Crippen LogP contribution in [0.3, 0.4) is 0 Å². The molecule has 1 aliphatic heterocycles. The Labute approximate surface area is 268 Å². The monoisotopic (exact) mass is 698 g/mol. The van der Waals surface area contributed by atoms with Gasteiger partial charge >= 0.3 is 7.82 Å². The fourth-order valence-electron chi connectivity index (χ4n) is 3.75. The van der Waals surface area contributed by atoms with Crippen LogP contribution in [-0.2, 0) is 32.5 Å². The number of aliphatic hydroxyl groups is 3. The predicted molar refractivity (Wildman–Crippen MR) is 164 cm³/mol. The number of alkyl halides is 1. The molecule has 0 spiro atoms. The predicted octanol–water partition coefficient (Wildman–Crippen LogP) is 2.45. The van der Waals surface area contributed by atoms with Crippen LogP contribution in [0.25, 0.3) is 11.2 Å². The average molecular weight is 699 g/mol. The van der Waals surface area contributed by atoms with Gasteiger partial charge in [-0.3, -0.25) is 27.7 Å². The number of ether oxygens (including phenoxy) is 2. The van der Waals surface area contributed by atoms with Crippen LogP contribution in [-0.4, -0.2) is 115 Å². The second-order valence-corrected chi connectivity index (χ2v) is 15.2. The van der Waals surface area contributed by atoms with Crippen molar-refractivity contribution in [2.75, 3.05) is 51.6 Å². The van der Waals surface area contributed by atoms with Crippen molar-refractivity contribution in [2.24, 2.45) is 10.8 Å². The summed E-state index contributed by atoms with van der Waals surface area (Å²) in [4.78, 5) is 37.2. The zero-order valence-electron chi connectivity index (χ0n) is 25.9. The van der Waals surface area contributed by atoms with Gasteiger partial charge in [0, 0.05) is 11.5 Å². The SMILES string of the molecule is COc1nc(C)nc2c1ncn2[C@@H]1O[C@H](COP(=O)(OCCSC(=O)C(C)(C)CO)OCCSC(=O)C(C)(C)CO)[C@H](O)C1F. The minimum atomic E-state index is -4.39. The Balaban J connectivity index is 1.68. The van der Waals surface area contributed by atoms with E-state index in [1.807, 2.05) is 0 Å². The minimum absolute atomic E-state index is 0.0481. The second kappa shape index (κ2) is 15.9. The van der Waals surface area contributed by atoms with Gasteiger partial charge in [0.05, 0.1) is 57.3 Å². The molecule has 0 saturated carbocycles. The first-order valence-corrected chi connectivity index (χ1v) is 17.3. The third kappa shape index (κ3) is 9.43. The largest absolute Gasteiger partial charge is 0.479 e. The molecule has 1 fully saturated rings. The molecule has 0 radical (unpaired) electrons. The summed E-state index contributed by atoms with van der Waals surface area (Å²) >= 11 is 1.73. The van der Waals surface area contributed by atoms with E-state index in [2.05, 4.69) is 15.0 Å². The van der Waals surface area contributed by atoms with Crippen molar-refractivity contribution in [3.63, 3.8) is 0 Å². The van der Waals surface area contributed by atoms with Crippen LogP contribution < -0.4 is 4.74 Å². The molecule has 15 nitrogen and oxygen atoms in total. The molecule has 1 saturated heterocycles. The van der Waals surface area contributed by atoms with Gasteiger partial charge in [0.2, 0.25) is 5.88 Å². The Morgan fingerprint density at radius 1 is 1.04 bits per heavy atom. The molecule has 0 aromatic carbocycles. The topological polar surface area (TPSA) is 202 Å². The van der Waals surface area contributed by atoms with Gasteiger partial charge in [0.1, 0.15) is 18.0 Å². The number of nitrogens with zero attached hydrogens (tertiary/aromatic N) is 4. The van der Waals surface area contributed by atoms with Gasteiger partial charge < -0.3 is 24.8 Å². The normalized spacial score (nSPS) is 21.0. The van der Waals surface area contributed by atoms with Crippen molar-refractivity contribution in [1.82, 2.24) is 19.5 Å². The first kappa shape index (κ1) is 37.7. The van der Waals surface area contributed by atoms with Gasteiger partial charge in [-0.15, -0.1) is 0 Å². The van der Waals surface area contributed by atoms with Crippen LogP contribution in [0.2, 0.25) is 0 Å². The molecular formula is C26H40FN4O11PS2. The Morgan fingerprint density at radius 3 is 2.11 bits per heavy atom. The standard InChI is InChI=1S/C26H40FN4O11PS2/c1-15-29-20-18(21(30-15)38-6)28-14-31(20)22-17(27)19(34)16(42-22)11-41-43(37,39-7-9-44-23(35)25(2,3)12-32)40-8-10-45-24(36)26(4,5)13-33/h14,16-17,19,22,32-34H,7-13H2,1-6H3/t16-,17?,19+,22-/m1/s1. The van der Waals surface area contributed by atoms with Crippen LogP contribution in [0.1, 0.15) is 39.7 Å². The number of imidazole rings is 1. The van der Waals surface area contributed by atoms with Crippen molar-refractivity contribution in [1.29, 1.82) is 0 Å². The molecule has 0 amide bonds. The average Bonchev–Trinajstić information content (AvgIpc) is 3.55. The lowest BCUT2D eigenvalue weighted by Crippen LogP contribution is -2.31. The van der Waals surface area contributed by atoms with E-state index in [0.717, 1.165) is 23.5 Å². The van der Waals surface area contributed by atoms with Crippen LogP contribution in [0.4, 0.5) is 4.39 Å². The van der Waals surface area contributed by atoms with Crippen molar-refractivity contribution >= 4 is 52.7 Å². The maximum atomic E-state index is 15.3. The van der Waals surface area contributed by atoms with E-state index in [1.165, 1.54) is 18.0 Å². The van der Waals surface area contributed by atoms with Crippen molar-refractivity contribution in [3.8, 4) is 5.88 Å². The Kier molecular flexibility index (Phi) is 13.3. The number of carbonyl (C=O) groups excluding carboxylic acids is 2. The highest BCUT2D eigenvalue weighted by Gasteiger charge is 2.47. The molecule has 0 bridgehead atoms. The van der Waals surface area contributed by atoms with Crippen LogP contribution >= 0.6 is 31.3 Å². The van der Waals surface area contributed by atoms with Gasteiger partial charge in [0.25, 0.3) is 0 Å². The number of rotatable bonds is 17. The summed E-state index contributed by atoms with van der Waals surface area (Å²) in [6, 6.07) is 0. The number of aromatic nitrogens is 4. The number of phosphoric ester groups is 1.